The molecule has 1 unspecified atom stereocenters. The molecule has 3 N–H and O–H groups in total. The monoisotopic (exact) mass is 312 g/mol. The lowest BCUT2D eigenvalue weighted by Gasteiger charge is -2.22. The minimum atomic E-state index is -0.504. The van der Waals surface area contributed by atoms with Crippen LogP contribution in [-0.4, -0.2) is 30.6 Å². The van der Waals surface area contributed by atoms with Crippen molar-refractivity contribution in [1.82, 2.24) is 10.6 Å². The topological polar surface area (TPSA) is 61.4 Å². The summed E-state index contributed by atoms with van der Waals surface area (Å²) < 4.78 is 0. The molecule has 1 fully saturated rings. The Kier molecular flexibility index (Phi) is 8.35. The zero-order valence-corrected chi connectivity index (χ0v) is 13.1. The van der Waals surface area contributed by atoms with Crippen LogP contribution in [0.1, 0.15) is 37.4 Å². The number of amides is 1. The molecule has 0 aromatic heterocycles. The number of hydrogen-bond acceptors (Lipinski definition) is 3. The summed E-state index contributed by atoms with van der Waals surface area (Å²) in [5.41, 5.74) is 0.903. The van der Waals surface area contributed by atoms with Crippen molar-refractivity contribution in [2.24, 2.45) is 5.92 Å². The minimum absolute atomic E-state index is 0. The molecule has 21 heavy (non-hydrogen) atoms. The van der Waals surface area contributed by atoms with Crippen LogP contribution < -0.4 is 10.6 Å². The van der Waals surface area contributed by atoms with Gasteiger partial charge in [-0.25, -0.2) is 0 Å². The van der Waals surface area contributed by atoms with Gasteiger partial charge in [-0.1, -0.05) is 30.3 Å². The van der Waals surface area contributed by atoms with E-state index in [4.69, 9.17) is 0 Å². The van der Waals surface area contributed by atoms with E-state index in [2.05, 4.69) is 10.6 Å². The van der Waals surface area contributed by atoms with Crippen LogP contribution in [0, 0.1) is 5.92 Å². The fourth-order valence-electron chi connectivity index (χ4n) is 2.61. The maximum atomic E-state index is 11.8. The summed E-state index contributed by atoms with van der Waals surface area (Å²) in [6.45, 7) is 2.56. The Bertz CT molecular complexity index is 408. The highest BCUT2D eigenvalue weighted by Gasteiger charge is 2.16. The first-order valence-electron chi connectivity index (χ1n) is 7.46. The second-order valence-electron chi connectivity index (χ2n) is 5.46. The fourth-order valence-corrected chi connectivity index (χ4v) is 2.61. The number of aliphatic hydroxyl groups is 1. The molecule has 1 atom stereocenters. The first-order chi connectivity index (χ1) is 9.75. The number of aliphatic hydroxyl groups excluding tert-OH is 1. The molecule has 0 spiro atoms. The Morgan fingerprint density at radius 1 is 1.29 bits per heavy atom. The summed E-state index contributed by atoms with van der Waals surface area (Å²) in [6, 6.07) is 9.56. The predicted molar refractivity (Wildman–Crippen MR) is 86.5 cm³/mol. The summed E-state index contributed by atoms with van der Waals surface area (Å²) in [6.07, 6.45) is 2.83. The van der Waals surface area contributed by atoms with Crippen LogP contribution >= 0.6 is 12.4 Å². The molecule has 1 aliphatic heterocycles. The molecule has 4 nitrogen and oxygen atoms in total. The first kappa shape index (κ1) is 18.0. The number of carbonyl (C=O) groups excluding carboxylic acids is 1. The number of benzene rings is 1. The number of piperidine rings is 1. The molecule has 1 saturated heterocycles. The zero-order chi connectivity index (χ0) is 14.2. The smallest absolute Gasteiger partial charge is 0.220 e. The number of carbonyl (C=O) groups is 1. The third-order valence-electron chi connectivity index (χ3n) is 3.86. The third-order valence-corrected chi connectivity index (χ3v) is 3.86. The molecule has 0 radical (unpaired) electrons. The van der Waals surface area contributed by atoms with Crippen molar-refractivity contribution in [2.75, 3.05) is 19.6 Å². The Labute approximate surface area is 132 Å². The van der Waals surface area contributed by atoms with Crippen LogP contribution in [0.25, 0.3) is 0 Å². The predicted octanol–water partition coefficient (Wildman–Crippen LogP) is 2.04. The highest BCUT2D eigenvalue weighted by Crippen LogP contribution is 2.16. The molecule has 118 valence electrons. The summed E-state index contributed by atoms with van der Waals surface area (Å²) in [7, 11) is 0. The van der Waals surface area contributed by atoms with Gasteiger partial charge in [0, 0.05) is 13.0 Å². The van der Waals surface area contributed by atoms with Gasteiger partial charge in [0.1, 0.15) is 0 Å². The van der Waals surface area contributed by atoms with E-state index in [1.165, 1.54) is 0 Å². The van der Waals surface area contributed by atoms with Crippen LogP contribution in [0.2, 0.25) is 0 Å². The number of hydrogen-bond donors (Lipinski definition) is 3. The average molecular weight is 313 g/mol. The SMILES string of the molecule is Cl.O=C(CC1CCNCC1)NCCC(O)c1ccccc1. The highest BCUT2D eigenvalue weighted by molar-refractivity contribution is 5.85. The van der Waals surface area contributed by atoms with Crippen molar-refractivity contribution < 1.29 is 9.90 Å². The van der Waals surface area contributed by atoms with Gasteiger partial charge in [-0.3, -0.25) is 4.79 Å². The van der Waals surface area contributed by atoms with Gasteiger partial charge < -0.3 is 15.7 Å². The van der Waals surface area contributed by atoms with E-state index in [0.717, 1.165) is 31.5 Å². The quantitative estimate of drug-likeness (QED) is 0.753. The lowest BCUT2D eigenvalue weighted by Crippen LogP contribution is -2.32. The molecule has 0 saturated carbocycles. The normalized spacial score (nSPS) is 16.8. The van der Waals surface area contributed by atoms with Crippen molar-refractivity contribution in [3.8, 4) is 0 Å². The molecule has 1 aliphatic rings. The van der Waals surface area contributed by atoms with Crippen LogP contribution in [0.3, 0.4) is 0 Å². The van der Waals surface area contributed by atoms with Crippen LogP contribution in [0.4, 0.5) is 0 Å². The van der Waals surface area contributed by atoms with E-state index in [-0.39, 0.29) is 18.3 Å². The van der Waals surface area contributed by atoms with Gasteiger partial charge in [0.2, 0.25) is 5.91 Å². The number of nitrogens with one attached hydrogen (secondary N) is 2. The summed E-state index contributed by atoms with van der Waals surface area (Å²) >= 11 is 0. The lowest BCUT2D eigenvalue weighted by atomic mass is 9.94. The zero-order valence-electron chi connectivity index (χ0n) is 12.3. The Morgan fingerprint density at radius 2 is 1.95 bits per heavy atom. The van der Waals surface area contributed by atoms with Gasteiger partial charge in [-0.2, -0.15) is 0 Å². The van der Waals surface area contributed by atoms with E-state index in [0.29, 0.717) is 25.3 Å². The summed E-state index contributed by atoms with van der Waals surface area (Å²) in [5.74, 6) is 0.618. The molecule has 0 bridgehead atoms. The molecule has 2 rings (SSSR count). The largest absolute Gasteiger partial charge is 0.388 e. The van der Waals surface area contributed by atoms with E-state index >= 15 is 0 Å². The molecule has 1 aromatic rings. The molecule has 1 amide bonds. The van der Waals surface area contributed by atoms with Crippen molar-refractivity contribution in [2.45, 2.75) is 31.8 Å². The van der Waals surface area contributed by atoms with Gasteiger partial charge in [0.25, 0.3) is 0 Å². The van der Waals surface area contributed by atoms with Gasteiger partial charge in [0.15, 0.2) is 0 Å². The van der Waals surface area contributed by atoms with Crippen LogP contribution in [-0.2, 0) is 4.79 Å². The van der Waals surface area contributed by atoms with Crippen molar-refractivity contribution in [1.29, 1.82) is 0 Å². The second-order valence-corrected chi connectivity index (χ2v) is 5.46. The van der Waals surface area contributed by atoms with Gasteiger partial charge in [0.05, 0.1) is 6.10 Å². The highest BCUT2D eigenvalue weighted by atomic mass is 35.5. The molecular formula is C16H25ClN2O2. The van der Waals surface area contributed by atoms with Crippen LogP contribution in [0.15, 0.2) is 30.3 Å². The summed E-state index contributed by atoms with van der Waals surface area (Å²) in [4.78, 5) is 11.8. The molecule has 0 aliphatic carbocycles. The van der Waals surface area contributed by atoms with E-state index in [1.807, 2.05) is 30.3 Å². The molecule has 5 heteroatoms. The van der Waals surface area contributed by atoms with Gasteiger partial charge in [-0.05, 0) is 43.8 Å². The maximum absolute atomic E-state index is 11.8. The second kappa shape index (κ2) is 9.77. The first-order valence-corrected chi connectivity index (χ1v) is 7.46. The Balaban J connectivity index is 0.00000220. The maximum Gasteiger partial charge on any atom is 0.220 e. The van der Waals surface area contributed by atoms with Crippen molar-refractivity contribution in [3.63, 3.8) is 0 Å². The minimum Gasteiger partial charge on any atom is -0.388 e. The lowest BCUT2D eigenvalue weighted by molar-refractivity contribution is -0.122. The van der Waals surface area contributed by atoms with Crippen molar-refractivity contribution >= 4 is 18.3 Å². The molecule has 1 aromatic carbocycles. The average Bonchev–Trinajstić information content (AvgIpc) is 2.49. The Hall–Kier alpha value is -1.10. The van der Waals surface area contributed by atoms with E-state index < -0.39 is 6.10 Å². The Morgan fingerprint density at radius 3 is 2.62 bits per heavy atom. The van der Waals surface area contributed by atoms with Gasteiger partial charge in [-0.15, -0.1) is 12.4 Å². The standard InChI is InChI=1S/C16H24N2O2.ClH/c19-15(14-4-2-1-3-5-14)8-11-18-16(20)12-13-6-9-17-10-7-13;/h1-5,13,15,17,19H,6-12H2,(H,18,20);1H. The van der Waals surface area contributed by atoms with E-state index in [9.17, 15) is 9.90 Å². The number of rotatable bonds is 6. The fraction of sp³-hybridized carbons (Fsp3) is 0.562. The van der Waals surface area contributed by atoms with Gasteiger partial charge >= 0.3 is 0 Å². The third kappa shape index (κ3) is 6.46. The van der Waals surface area contributed by atoms with Crippen molar-refractivity contribution in [3.05, 3.63) is 35.9 Å². The number of halogens is 1. The van der Waals surface area contributed by atoms with E-state index in [1.54, 1.807) is 0 Å². The molecule has 1 heterocycles. The summed E-state index contributed by atoms with van der Waals surface area (Å²) in [5, 5.41) is 16.2. The van der Waals surface area contributed by atoms with Crippen LogP contribution in [0.5, 0.6) is 0 Å². The molecular weight excluding hydrogens is 288 g/mol.